The summed E-state index contributed by atoms with van der Waals surface area (Å²) in [6.45, 7) is 12.1. The van der Waals surface area contributed by atoms with Crippen molar-refractivity contribution in [3.05, 3.63) is 29.8 Å². The first-order chi connectivity index (χ1) is 12.7. The molecule has 1 aliphatic rings. The topological polar surface area (TPSA) is 52.1 Å². The predicted molar refractivity (Wildman–Crippen MR) is 125 cm³/mol. The van der Waals surface area contributed by atoms with Gasteiger partial charge in [0.25, 0.3) is 0 Å². The van der Waals surface area contributed by atoms with Crippen LogP contribution in [0.1, 0.15) is 19.4 Å². The van der Waals surface area contributed by atoms with Crippen LogP contribution in [0.3, 0.4) is 0 Å². The maximum atomic E-state index is 5.41. The molecule has 154 valence electrons. The van der Waals surface area contributed by atoms with Gasteiger partial charge in [-0.05, 0) is 31.5 Å². The molecular formula is C20H36IN5O. The maximum absolute atomic E-state index is 5.41. The van der Waals surface area contributed by atoms with Crippen molar-refractivity contribution in [1.82, 2.24) is 20.4 Å². The first kappa shape index (κ1) is 24.0. The largest absolute Gasteiger partial charge is 0.496 e. The molecule has 1 atom stereocenters. The zero-order valence-corrected chi connectivity index (χ0v) is 19.5. The number of aliphatic imine (C=N–C) groups is 1. The number of para-hydroxylation sites is 1. The van der Waals surface area contributed by atoms with Crippen molar-refractivity contribution < 1.29 is 4.74 Å². The summed E-state index contributed by atoms with van der Waals surface area (Å²) >= 11 is 0. The van der Waals surface area contributed by atoms with Gasteiger partial charge in [0.2, 0.25) is 0 Å². The van der Waals surface area contributed by atoms with Crippen molar-refractivity contribution in [2.45, 2.75) is 26.3 Å². The van der Waals surface area contributed by atoms with Gasteiger partial charge in [0.05, 0.1) is 7.11 Å². The van der Waals surface area contributed by atoms with E-state index < -0.39 is 0 Å². The Labute approximate surface area is 181 Å². The molecule has 1 aliphatic heterocycles. The Hall–Kier alpha value is -1.06. The molecular weight excluding hydrogens is 453 g/mol. The summed E-state index contributed by atoms with van der Waals surface area (Å²) in [5.41, 5.74) is 1.21. The molecule has 2 rings (SSSR count). The summed E-state index contributed by atoms with van der Waals surface area (Å²) < 4.78 is 5.41. The molecule has 1 saturated heterocycles. The lowest BCUT2D eigenvalue weighted by Crippen LogP contribution is -2.53. The van der Waals surface area contributed by atoms with Gasteiger partial charge in [-0.25, -0.2) is 0 Å². The molecule has 0 saturated carbocycles. The molecule has 0 amide bonds. The molecule has 7 heteroatoms. The van der Waals surface area contributed by atoms with Gasteiger partial charge in [-0.3, -0.25) is 9.89 Å². The molecule has 0 aromatic heterocycles. The van der Waals surface area contributed by atoms with Gasteiger partial charge in [0.15, 0.2) is 5.96 Å². The van der Waals surface area contributed by atoms with E-state index in [1.807, 2.05) is 25.2 Å². The van der Waals surface area contributed by atoms with E-state index in [-0.39, 0.29) is 24.0 Å². The minimum atomic E-state index is 0. The van der Waals surface area contributed by atoms with Crippen molar-refractivity contribution in [3.8, 4) is 5.75 Å². The van der Waals surface area contributed by atoms with Crippen molar-refractivity contribution in [2.24, 2.45) is 4.99 Å². The summed E-state index contributed by atoms with van der Waals surface area (Å²) in [5, 5.41) is 6.86. The molecule has 0 radical (unpaired) electrons. The fraction of sp³-hybridized carbons (Fsp3) is 0.650. The number of methoxy groups -OCH3 is 1. The fourth-order valence-corrected chi connectivity index (χ4v) is 3.34. The standard InChI is InChI=1S/C20H35N5O.HI/c1-5-24-12-14-25(15-13-24)17(2)16-23-20(21-3)22-11-10-18-8-6-7-9-19(18)26-4;/h6-9,17H,5,10-16H2,1-4H3,(H2,21,22,23);1H. The summed E-state index contributed by atoms with van der Waals surface area (Å²) in [6, 6.07) is 8.65. The number of nitrogens with one attached hydrogen (secondary N) is 2. The average Bonchev–Trinajstić information content (AvgIpc) is 2.70. The lowest BCUT2D eigenvalue weighted by molar-refractivity contribution is 0.107. The van der Waals surface area contributed by atoms with Crippen LogP contribution in [0.25, 0.3) is 0 Å². The van der Waals surface area contributed by atoms with Crippen molar-refractivity contribution in [2.75, 3.05) is 60.0 Å². The SMILES string of the molecule is CCN1CCN(C(C)CNC(=NC)NCCc2ccccc2OC)CC1.I. The van der Waals surface area contributed by atoms with Crippen LogP contribution in [0, 0.1) is 0 Å². The van der Waals surface area contributed by atoms with Gasteiger partial charge in [0, 0.05) is 52.4 Å². The maximum Gasteiger partial charge on any atom is 0.191 e. The van der Waals surface area contributed by atoms with E-state index in [1.165, 1.54) is 18.7 Å². The second kappa shape index (κ2) is 13.2. The Morgan fingerprint density at radius 1 is 1.19 bits per heavy atom. The highest BCUT2D eigenvalue weighted by molar-refractivity contribution is 14.0. The number of hydrogen-bond acceptors (Lipinski definition) is 4. The first-order valence-electron chi connectivity index (χ1n) is 9.70. The zero-order chi connectivity index (χ0) is 18.8. The fourth-order valence-electron chi connectivity index (χ4n) is 3.34. The molecule has 0 spiro atoms. The van der Waals surface area contributed by atoms with Gasteiger partial charge in [-0.2, -0.15) is 0 Å². The number of halogens is 1. The second-order valence-corrected chi connectivity index (χ2v) is 6.76. The third kappa shape index (κ3) is 7.83. The normalized spacial score (nSPS) is 17.1. The number of ether oxygens (including phenoxy) is 1. The first-order valence-corrected chi connectivity index (χ1v) is 9.70. The molecule has 2 N–H and O–H groups in total. The van der Waals surface area contributed by atoms with E-state index >= 15 is 0 Å². The molecule has 1 aromatic rings. The van der Waals surface area contributed by atoms with Crippen LogP contribution in [-0.2, 0) is 6.42 Å². The lowest BCUT2D eigenvalue weighted by atomic mass is 10.1. The van der Waals surface area contributed by atoms with Crippen molar-refractivity contribution >= 4 is 29.9 Å². The van der Waals surface area contributed by atoms with Crippen LogP contribution >= 0.6 is 24.0 Å². The van der Waals surface area contributed by atoms with Gasteiger partial charge >= 0.3 is 0 Å². The molecule has 1 unspecified atom stereocenters. The Kier molecular flexibility index (Phi) is 11.7. The number of hydrogen-bond donors (Lipinski definition) is 2. The number of piperazine rings is 1. The van der Waals surface area contributed by atoms with Crippen molar-refractivity contribution in [3.63, 3.8) is 0 Å². The summed E-state index contributed by atoms with van der Waals surface area (Å²) in [4.78, 5) is 9.41. The van der Waals surface area contributed by atoms with E-state index in [9.17, 15) is 0 Å². The molecule has 0 aliphatic carbocycles. The Morgan fingerprint density at radius 2 is 1.89 bits per heavy atom. The minimum Gasteiger partial charge on any atom is -0.496 e. The number of nitrogens with zero attached hydrogens (tertiary/aromatic N) is 3. The summed E-state index contributed by atoms with van der Waals surface area (Å²) in [5.74, 6) is 1.80. The van der Waals surface area contributed by atoms with Crippen LogP contribution in [-0.4, -0.2) is 81.8 Å². The highest BCUT2D eigenvalue weighted by Crippen LogP contribution is 2.17. The third-order valence-corrected chi connectivity index (χ3v) is 5.15. The number of rotatable bonds is 8. The van der Waals surface area contributed by atoms with Crippen molar-refractivity contribution in [1.29, 1.82) is 0 Å². The van der Waals surface area contributed by atoms with E-state index in [2.05, 4.69) is 45.3 Å². The predicted octanol–water partition coefficient (Wildman–Crippen LogP) is 2.05. The van der Waals surface area contributed by atoms with E-state index in [4.69, 9.17) is 4.74 Å². The number of benzene rings is 1. The molecule has 1 fully saturated rings. The van der Waals surface area contributed by atoms with Crippen LogP contribution in [0.15, 0.2) is 29.3 Å². The molecule has 27 heavy (non-hydrogen) atoms. The van der Waals surface area contributed by atoms with Crippen LogP contribution < -0.4 is 15.4 Å². The van der Waals surface area contributed by atoms with E-state index in [0.717, 1.165) is 50.9 Å². The highest BCUT2D eigenvalue weighted by Gasteiger charge is 2.20. The third-order valence-electron chi connectivity index (χ3n) is 5.15. The monoisotopic (exact) mass is 489 g/mol. The quantitative estimate of drug-likeness (QED) is 0.333. The second-order valence-electron chi connectivity index (χ2n) is 6.76. The van der Waals surface area contributed by atoms with Crippen LogP contribution in [0.2, 0.25) is 0 Å². The highest BCUT2D eigenvalue weighted by atomic mass is 127. The molecule has 1 heterocycles. The Bertz CT molecular complexity index is 561. The smallest absolute Gasteiger partial charge is 0.191 e. The average molecular weight is 489 g/mol. The molecule has 0 bridgehead atoms. The van der Waals surface area contributed by atoms with Gasteiger partial charge in [-0.1, -0.05) is 25.1 Å². The summed E-state index contributed by atoms with van der Waals surface area (Å²) in [7, 11) is 3.54. The Morgan fingerprint density at radius 3 is 2.52 bits per heavy atom. The van der Waals surface area contributed by atoms with Crippen LogP contribution in [0.4, 0.5) is 0 Å². The van der Waals surface area contributed by atoms with Crippen LogP contribution in [0.5, 0.6) is 5.75 Å². The molecule has 6 nitrogen and oxygen atoms in total. The summed E-state index contributed by atoms with van der Waals surface area (Å²) in [6.07, 6.45) is 0.902. The zero-order valence-electron chi connectivity index (χ0n) is 17.2. The van der Waals surface area contributed by atoms with Gasteiger partial charge in [-0.15, -0.1) is 24.0 Å². The van der Waals surface area contributed by atoms with E-state index in [1.54, 1.807) is 7.11 Å². The van der Waals surface area contributed by atoms with Gasteiger partial charge in [0.1, 0.15) is 5.75 Å². The van der Waals surface area contributed by atoms with E-state index in [0.29, 0.717) is 6.04 Å². The Balaban J connectivity index is 0.00000364. The molecule has 1 aromatic carbocycles. The number of guanidine groups is 1. The lowest BCUT2D eigenvalue weighted by Gasteiger charge is -2.37. The number of likely N-dealkylation sites (N-methyl/N-ethyl adjacent to an activating group) is 1. The van der Waals surface area contributed by atoms with Gasteiger partial charge < -0.3 is 20.3 Å². The minimum absolute atomic E-state index is 0.